The van der Waals surface area contributed by atoms with Gasteiger partial charge in [0.05, 0.1) is 22.8 Å². The summed E-state index contributed by atoms with van der Waals surface area (Å²) in [6, 6.07) is 118. The number of para-hydroxylation sites is 6. The van der Waals surface area contributed by atoms with E-state index in [2.05, 4.69) is 244 Å². The summed E-state index contributed by atoms with van der Waals surface area (Å²) in [5.74, 6) is 1.37. The highest BCUT2D eigenvalue weighted by molar-refractivity contribution is 9.11. The summed E-state index contributed by atoms with van der Waals surface area (Å²) >= 11 is 7.19. The maximum Gasteiger partial charge on any atom is 0.492 e. The summed E-state index contributed by atoms with van der Waals surface area (Å²) in [6.45, 7) is 0. The highest BCUT2D eigenvalue weighted by Gasteiger charge is 2.22. The average molecular weight is 1470 g/mol. The Morgan fingerprint density at radius 2 is 0.529 bits per heavy atom. The molecule has 0 aliphatic carbocycles. The number of benzene rings is 14. The first-order valence-corrected chi connectivity index (χ1v) is 35.7. The third kappa shape index (κ3) is 13.2. The minimum absolute atomic E-state index is 0.397. The summed E-state index contributed by atoms with van der Waals surface area (Å²) < 4.78 is 20.8. The molecule has 5 aromatic heterocycles. The summed E-state index contributed by atoms with van der Waals surface area (Å²) in [5.41, 5.74) is 23.3. The van der Waals surface area contributed by atoms with Gasteiger partial charge in [0, 0.05) is 91.2 Å². The molecule has 0 bridgehead atoms. The van der Waals surface area contributed by atoms with E-state index in [1.807, 2.05) is 121 Å². The van der Waals surface area contributed by atoms with Crippen LogP contribution >= 0.6 is 31.9 Å². The molecule has 0 radical (unpaired) electrons. The number of fused-ring (bicyclic) bond motifs is 9. The van der Waals surface area contributed by atoms with E-state index in [9.17, 15) is 10.0 Å². The van der Waals surface area contributed by atoms with Crippen LogP contribution in [0.25, 0.3) is 178 Å². The van der Waals surface area contributed by atoms with Crippen LogP contribution in [-0.2, 0) is 0 Å². The Morgan fingerprint density at radius 3 is 0.933 bits per heavy atom. The van der Waals surface area contributed by atoms with Crippen molar-refractivity contribution in [3.05, 3.63) is 355 Å². The number of rotatable bonds is 11. The lowest BCUT2D eigenvalue weighted by atomic mass is 9.79. The highest BCUT2D eigenvalue weighted by atomic mass is 79.9. The van der Waals surface area contributed by atoms with E-state index >= 15 is 0 Å². The van der Waals surface area contributed by atoms with Crippen LogP contribution in [0.1, 0.15) is 0 Å². The molecule has 0 saturated carbocycles. The second-order valence-electron chi connectivity index (χ2n) is 25.3. The largest absolute Gasteiger partial charge is 0.492 e. The minimum Gasteiger partial charge on any atom is -0.456 e. The number of aromatic nitrogens is 4. The first-order valence-electron chi connectivity index (χ1n) is 34.1. The molecule has 0 amide bonds. The van der Waals surface area contributed by atoms with Gasteiger partial charge in [0.2, 0.25) is 0 Å². The summed E-state index contributed by atoms with van der Waals surface area (Å²) in [5, 5.41) is 24.7. The first-order chi connectivity index (χ1) is 51.2. The minimum atomic E-state index is -1.51. The van der Waals surface area contributed by atoms with Crippen LogP contribution in [0.3, 0.4) is 0 Å². The van der Waals surface area contributed by atoms with Crippen LogP contribution in [0.4, 0.5) is 0 Å². The quantitative estimate of drug-likeness (QED) is 0.122. The molecule has 0 saturated heterocycles. The lowest BCUT2D eigenvalue weighted by molar-refractivity contribution is 0.425. The summed E-state index contributed by atoms with van der Waals surface area (Å²) in [7, 11) is -1.51. The Labute approximate surface area is 616 Å². The molecule has 2 N–H and O–H groups in total. The fourth-order valence-electron chi connectivity index (χ4n) is 13.6. The maximum atomic E-state index is 9.24. The molecule has 19 rings (SSSR count). The Morgan fingerprint density at radius 1 is 0.231 bits per heavy atom. The molecular formula is C92H59BBr2N4O5. The third-order valence-corrected chi connectivity index (χ3v) is 19.5. The maximum absolute atomic E-state index is 9.24. The average Bonchev–Trinajstić information content (AvgIpc) is 1.43. The predicted molar refractivity (Wildman–Crippen MR) is 432 cm³/mol. The number of nitrogens with zero attached hydrogens (tertiary/aromatic N) is 4. The topological polar surface area (TPSA) is 131 Å². The van der Waals surface area contributed by atoms with E-state index in [1.165, 1.54) is 16.7 Å². The van der Waals surface area contributed by atoms with E-state index in [4.69, 9.17) is 33.2 Å². The molecule has 0 spiro atoms. The van der Waals surface area contributed by atoms with Gasteiger partial charge in [-0.1, -0.05) is 311 Å². The van der Waals surface area contributed by atoms with Gasteiger partial charge in [-0.2, -0.15) is 0 Å². The van der Waals surface area contributed by atoms with E-state index in [0.717, 1.165) is 153 Å². The fourth-order valence-corrected chi connectivity index (χ4v) is 14.8. The Bertz CT molecular complexity index is 6200. The second-order valence-corrected chi connectivity index (χ2v) is 27.1. The highest BCUT2D eigenvalue weighted by Crippen LogP contribution is 2.43. The van der Waals surface area contributed by atoms with Crippen molar-refractivity contribution in [2.45, 2.75) is 0 Å². The van der Waals surface area contributed by atoms with E-state index in [1.54, 1.807) is 12.1 Å². The lowest BCUT2D eigenvalue weighted by Crippen LogP contribution is -2.29. The molecule has 12 heteroatoms. The molecule has 5 heterocycles. The van der Waals surface area contributed by atoms with Gasteiger partial charge in [-0.25, -0.2) is 19.9 Å². The van der Waals surface area contributed by atoms with E-state index in [0.29, 0.717) is 22.7 Å². The smallest absolute Gasteiger partial charge is 0.456 e. The van der Waals surface area contributed by atoms with Crippen molar-refractivity contribution in [3.63, 3.8) is 0 Å². The monoisotopic (exact) mass is 1470 g/mol. The molecule has 0 aliphatic heterocycles. The molecule has 0 aliphatic rings. The van der Waals surface area contributed by atoms with Crippen LogP contribution in [-0.4, -0.2) is 37.1 Å². The first kappa shape index (κ1) is 64.9. The van der Waals surface area contributed by atoms with Gasteiger partial charge in [0.25, 0.3) is 0 Å². The van der Waals surface area contributed by atoms with Crippen molar-refractivity contribution in [2.75, 3.05) is 0 Å². The SMILES string of the molecule is Brc1cc(Br)cc(-c2cc(-c3ccc(-c4ccccc4)cc3)nc(-c3ccccc3)n2)c1.OB(O)c1cccc2c1oc1ccccc12.c1ccc(-c2ccc(-c3cc(-c4cc(-c5cccc6c5oc5ccccc56)cc(-c5cccc6c5oc5ccccc56)c4)nc(-c4ccccc4)n3)cc2)cc1. The Kier molecular flexibility index (Phi) is 17.8. The van der Waals surface area contributed by atoms with Crippen molar-refractivity contribution in [2.24, 2.45) is 0 Å². The summed E-state index contributed by atoms with van der Waals surface area (Å²) in [4.78, 5) is 20.2. The molecule has 104 heavy (non-hydrogen) atoms. The van der Waals surface area contributed by atoms with E-state index in [-0.39, 0.29) is 0 Å². The fraction of sp³-hybridized carbons (Fsp3) is 0. The van der Waals surface area contributed by atoms with Crippen molar-refractivity contribution in [3.8, 4) is 112 Å². The Balaban J connectivity index is 0.000000139. The lowest BCUT2D eigenvalue weighted by Gasteiger charge is -2.14. The van der Waals surface area contributed by atoms with Crippen LogP contribution in [0.15, 0.2) is 368 Å². The summed E-state index contributed by atoms with van der Waals surface area (Å²) in [6.07, 6.45) is 0. The van der Waals surface area contributed by atoms with Gasteiger partial charge in [-0.3, -0.25) is 0 Å². The normalized spacial score (nSPS) is 11.3. The van der Waals surface area contributed by atoms with Crippen LogP contribution in [0.5, 0.6) is 0 Å². The standard InChI is InChI=1S/C52H32N2O2.C28H18Br2N2.C12H9BO3/c1-3-13-33(14-4-1)34-25-27-35(28-26-34)46-32-47(54-52(53-46)36-15-5-2-6-16-36)39-30-37(40-19-11-21-44-42-17-7-9-23-48(42)55-50(40)44)29-38(31-39)41-20-12-22-45-43-18-8-10-24-49(43)56-51(41)45;29-24-15-23(16-25(30)17-24)27-18-26(31-28(32-27)22-9-5-2-6-10-22)21-13-11-20(12-14-21)19-7-3-1-4-8-19;14-13(15)10-6-3-5-9-8-4-1-2-7-11(8)16-12(9)10/h1-32H;1-18H;1-7,14-15H. The van der Waals surface area contributed by atoms with Crippen LogP contribution < -0.4 is 5.46 Å². The molecule has 14 aromatic carbocycles. The number of halogens is 2. The molecule has 494 valence electrons. The zero-order valence-electron chi connectivity index (χ0n) is 55.7. The number of hydrogen-bond acceptors (Lipinski definition) is 9. The molecule has 9 nitrogen and oxygen atoms in total. The van der Waals surface area contributed by atoms with Crippen molar-refractivity contribution in [1.29, 1.82) is 0 Å². The van der Waals surface area contributed by atoms with Crippen molar-refractivity contribution < 1.29 is 23.3 Å². The van der Waals surface area contributed by atoms with Gasteiger partial charge >= 0.3 is 7.12 Å². The van der Waals surface area contributed by atoms with Crippen LogP contribution in [0.2, 0.25) is 0 Å². The third-order valence-electron chi connectivity index (χ3n) is 18.6. The molecule has 0 unspecified atom stereocenters. The van der Waals surface area contributed by atoms with E-state index < -0.39 is 7.12 Å². The zero-order valence-corrected chi connectivity index (χ0v) is 58.8. The predicted octanol–water partition coefficient (Wildman–Crippen LogP) is 24.2. The molecule has 0 atom stereocenters. The molecule has 19 aromatic rings. The van der Waals surface area contributed by atoms with Gasteiger partial charge in [0.1, 0.15) is 33.5 Å². The number of furan rings is 3. The van der Waals surface area contributed by atoms with Gasteiger partial charge < -0.3 is 23.3 Å². The van der Waals surface area contributed by atoms with Gasteiger partial charge in [-0.15, -0.1) is 0 Å². The zero-order chi connectivity index (χ0) is 70.0. The van der Waals surface area contributed by atoms with Gasteiger partial charge in [-0.05, 0) is 100 Å². The Hall–Kier alpha value is -12.4. The second kappa shape index (κ2) is 28.5. The van der Waals surface area contributed by atoms with Gasteiger partial charge in [0.15, 0.2) is 11.6 Å². The molecule has 0 fully saturated rings. The van der Waals surface area contributed by atoms with Crippen molar-refractivity contribution in [1.82, 2.24) is 19.9 Å². The molecular weight excluding hydrogens is 1410 g/mol. The van der Waals surface area contributed by atoms with Crippen molar-refractivity contribution >= 4 is 110 Å². The van der Waals surface area contributed by atoms with Crippen LogP contribution in [0, 0.1) is 0 Å². The number of hydrogen-bond donors (Lipinski definition) is 2.